The van der Waals surface area contributed by atoms with E-state index in [1.54, 1.807) is 0 Å². The van der Waals surface area contributed by atoms with E-state index >= 15 is 0 Å². The van der Waals surface area contributed by atoms with E-state index in [1.807, 2.05) is 11.1 Å². The summed E-state index contributed by atoms with van der Waals surface area (Å²) in [5, 5.41) is 0.824. The molecule has 0 aliphatic carbocycles. The molecule has 0 N–H and O–H groups in total. The Labute approximate surface area is 205 Å². The molecule has 10 aliphatic rings. The van der Waals surface area contributed by atoms with E-state index in [9.17, 15) is 0 Å². The number of fused-ring (bicyclic) bond motifs is 10. The van der Waals surface area contributed by atoms with Crippen LogP contribution in [0.5, 0.6) is 0 Å². The van der Waals surface area contributed by atoms with Crippen molar-refractivity contribution in [1.82, 2.24) is 0 Å². The normalized spacial score (nSPS) is 72.4. The second kappa shape index (κ2) is 2.50. The van der Waals surface area contributed by atoms with Crippen LogP contribution in [0.15, 0.2) is 60.7 Å². The summed E-state index contributed by atoms with van der Waals surface area (Å²) in [4.78, 5) is 7.26. The van der Waals surface area contributed by atoms with Crippen molar-refractivity contribution in [2.45, 2.75) is 110 Å². The molecule has 10 heterocycles. The first-order valence-electron chi connectivity index (χ1n) is 14.1. The molecule has 0 saturated carbocycles. The van der Waals surface area contributed by atoms with Crippen LogP contribution in [0.3, 0.4) is 0 Å². The summed E-state index contributed by atoms with van der Waals surface area (Å²) in [6.07, 6.45) is 0. The monoisotopic (exact) mass is 542 g/mol. The number of rotatable bonds is 4. The van der Waals surface area contributed by atoms with Gasteiger partial charge in [0.2, 0.25) is 0 Å². The van der Waals surface area contributed by atoms with Crippen molar-refractivity contribution >= 4 is 17.2 Å². The average molecular weight is 542 g/mol. The molecule has 7 atom stereocenters. The molecule has 0 radical (unpaired) electrons. The fourth-order valence-corrected chi connectivity index (χ4v) is 122. The summed E-state index contributed by atoms with van der Waals surface area (Å²) in [5.41, 5.74) is 4.56. The standard InChI is InChI=1S/C27H35P2.C5H5.Fe/c1-19(29(26(2,3)4)27(5,6)7)22-18-23(20-14-10-8-11-15-20)24(25(22)28)21-16-12-9-13-17-21;1-2-4-5-3-1;/h8-19H,28H2,1-7H3;1-5H;. The third-order valence-corrected chi connectivity index (χ3v) is 74.2. The average Bonchev–Trinajstić information content (AvgIpc) is 3.74. The molecular weight excluding hydrogens is 502 g/mol. The summed E-state index contributed by atoms with van der Waals surface area (Å²) < 4.78 is 2.57. The van der Waals surface area contributed by atoms with Gasteiger partial charge < -0.3 is 0 Å². The molecule has 6 unspecified atom stereocenters. The summed E-state index contributed by atoms with van der Waals surface area (Å²) in [5.74, 6) is 0. The molecule has 1 spiro atoms. The Balaban J connectivity index is 1.27. The van der Waals surface area contributed by atoms with Gasteiger partial charge in [0.15, 0.2) is 0 Å². The first-order valence-corrected chi connectivity index (χ1v) is 22.1. The van der Waals surface area contributed by atoms with Gasteiger partial charge in [-0.25, -0.2) is 0 Å². The minimum atomic E-state index is -4.15. The van der Waals surface area contributed by atoms with Gasteiger partial charge in [0, 0.05) is 0 Å². The van der Waals surface area contributed by atoms with Crippen molar-refractivity contribution < 1.29 is 6.51 Å². The number of benzene rings is 2. The van der Waals surface area contributed by atoms with Crippen LogP contribution in [0.25, 0.3) is 0 Å². The Morgan fingerprint density at radius 3 is 1.57 bits per heavy atom. The zero-order valence-electron chi connectivity index (χ0n) is 22.2. The molecule has 0 amide bonds. The molecule has 35 heavy (non-hydrogen) atoms. The maximum atomic E-state index is 3.90. The Morgan fingerprint density at radius 2 is 1.17 bits per heavy atom. The van der Waals surface area contributed by atoms with E-state index < -0.39 is 6.51 Å². The summed E-state index contributed by atoms with van der Waals surface area (Å²) in [6, 6.07) is 24.6. The zero-order valence-corrected chi connectivity index (χ0v) is 25.3. The van der Waals surface area contributed by atoms with E-state index in [-0.39, 0.29) is 7.92 Å². The van der Waals surface area contributed by atoms with Crippen LogP contribution in [-0.4, -0.2) is 20.0 Å². The summed E-state index contributed by atoms with van der Waals surface area (Å²) >= 11 is 0. The Kier molecular flexibility index (Phi) is 1.35. The molecule has 186 valence electrons. The van der Waals surface area contributed by atoms with Gasteiger partial charge in [-0.05, 0) is 0 Å². The Hall–Kier alpha value is -0.181. The van der Waals surface area contributed by atoms with Crippen molar-refractivity contribution in [1.29, 1.82) is 0 Å². The van der Waals surface area contributed by atoms with E-state index in [0.29, 0.717) is 23.0 Å². The zero-order chi connectivity index (χ0) is 24.2. The molecule has 0 bridgehead atoms. The van der Waals surface area contributed by atoms with Gasteiger partial charge in [-0.1, -0.05) is 0 Å². The third-order valence-electron chi connectivity index (χ3n) is 20.2. The van der Waals surface area contributed by atoms with Crippen LogP contribution in [0.4, 0.5) is 0 Å². The second-order valence-corrected chi connectivity index (χ2v) is 46.4. The van der Waals surface area contributed by atoms with Crippen molar-refractivity contribution in [2.75, 3.05) is 0 Å². The van der Waals surface area contributed by atoms with Gasteiger partial charge >= 0.3 is 206 Å². The van der Waals surface area contributed by atoms with Gasteiger partial charge in [-0.3, -0.25) is 0 Å². The first kappa shape index (κ1) is 19.0. The number of hydrogen-bond acceptors (Lipinski definition) is 0. The van der Waals surface area contributed by atoms with Crippen LogP contribution >= 0.6 is 17.2 Å². The molecule has 10 fully saturated rings. The van der Waals surface area contributed by atoms with Crippen LogP contribution in [-0.2, 0) is 15.1 Å². The molecule has 2 aromatic rings. The van der Waals surface area contributed by atoms with E-state index in [0.717, 1.165) is 14.8 Å². The minimum absolute atomic E-state index is 0.103. The topological polar surface area (TPSA) is 0 Å². The van der Waals surface area contributed by atoms with Crippen LogP contribution in [0, 0.1) is 0 Å². The van der Waals surface area contributed by atoms with Crippen LogP contribution in [0.2, 0.25) is 33.2 Å². The summed E-state index contributed by atoms with van der Waals surface area (Å²) in [7, 11) is 3.80. The SMILES string of the molecule is CC(P(C(C)(C)C)C(C)(C)C)[C@@]12[CH]3[C]4(c5ccccc5)[C]5(c6ccccc6)[C]1(P)[Fe]34521678[CH]2[CH]1[CH]6[CH]7[CH]28. The van der Waals surface area contributed by atoms with Gasteiger partial charge in [0.05, 0.1) is 0 Å². The first-order chi connectivity index (χ1) is 16.2. The van der Waals surface area contributed by atoms with Gasteiger partial charge in [-0.2, -0.15) is 0 Å². The van der Waals surface area contributed by atoms with Crippen LogP contribution in [0.1, 0.15) is 59.6 Å². The Bertz CT molecular complexity index is 1830. The van der Waals surface area contributed by atoms with E-state index in [4.69, 9.17) is 0 Å². The van der Waals surface area contributed by atoms with Gasteiger partial charge in [0.25, 0.3) is 0 Å². The maximum absolute atomic E-state index is 4.15. The molecule has 12 rings (SSSR count). The Morgan fingerprint density at radius 1 is 0.743 bits per heavy atom. The molecular formula is C32H40FeP2. The van der Waals surface area contributed by atoms with Crippen molar-refractivity contribution in [3.63, 3.8) is 0 Å². The fraction of sp³-hybridized carbons (Fsp3) is 0.625. The molecule has 2 aromatic carbocycles. The van der Waals surface area contributed by atoms with Gasteiger partial charge in [0.1, 0.15) is 0 Å². The second-order valence-electron chi connectivity index (χ2n) is 18.1. The third kappa shape index (κ3) is 0.369. The molecule has 3 heteroatoms. The molecule has 10 aliphatic heterocycles. The molecule has 0 aromatic heterocycles. The quantitative estimate of drug-likeness (QED) is 0.267. The number of hydrogen-bond donors (Lipinski definition) is 0. The van der Waals surface area contributed by atoms with Crippen molar-refractivity contribution in [3.8, 4) is 0 Å². The fourth-order valence-electron chi connectivity index (χ4n) is 24.1. The predicted octanol–water partition coefficient (Wildman–Crippen LogP) is 9.21. The molecule has 0 nitrogen and oxygen atoms in total. The predicted molar refractivity (Wildman–Crippen MR) is 150 cm³/mol. The molecule has 10 saturated heterocycles. The van der Waals surface area contributed by atoms with E-state index in [2.05, 4.69) is 118 Å². The van der Waals surface area contributed by atoms with Crippen molar-refractivity contribution in [3.05, 3.63) is 71.8 Å². The van der Waals surface area contributed by atoms with Crippen molar-refractivity contribution in [2.24, 2.45) is 0 Å². The van der Waals surface area contributed by atoms with E-state index in [1.165, 1.54) is 24.1 Å². The summed E-state index contributed by atoms with van der Waals surface area (Å²) in [6.45, 7) is 14.3. The van der Waals surface area contributed by atoms with Crippen LogP contribution < -0.4 is 0 Å². The van der Waals surface area contributed by atoms with Gasteiger partial charge in [-0.15, -0.1) is 0 Å².